The fraction of sp³-hybridized carbons (Fsp3) is 0.214. The molecule has 5 nitrogen and oxygen atoms in total. The van der Waals surface area contributed by atoms with Crippen LogP contribution >= 0.6 is 11.3 Å². The highest BCUT2D eigenvalue weighted by molar-refractivity contribution is 7.13. The molecular formula is C14H14N2O3S. The van der Waals surface area contributed by atoms with Crippen LogP contribution in [0.2, 0.25) is 0 Å². The molecule has 1 amide bonds. The van der Waals surface area contributed by atoms with Crippen molar-refractivity contribution >= 4 is 28.3 Å². The molecule has 0 saturated heterocycles. The lowest BCUT2D eigenvalue weighted by Gasteiger charge is -2.04. The summed E-state index contributed by atoms with van der Waals surface area (Å²) in [4.78, 5) is 26.5. The Bertz CT molecular complexity index is 637. The van der Waals surface area contributed by atoms with E-state index < -0.39 is 5.97 Å². The molecule has 104 valence electrons. The lowest BCUT2D eigenvalue weighted by Crippen LogP contribution is -2.15. The van der Waals surface area contributed by atoms with E-state index in [0.717, 1.165) is 11.1 Å². The molecule has 0 aliphatic carbocycles. The van der Waals surface area contributed by atoms with Crippen molar-refractivity contribution in [2.24, 2.45) is 0 Å². The van der Waals surface area contributed by atoms with Gasteiger partial charge in [-0.1, -0.05) is 24.3 Å². The molecule has 1 aromatic heterocycles. The van der Waals surface area contributed by atoms with Crippen LogP contribution in [0.4, 0.5) is 5.13 Å². The average molecular weight is 290 g/mol. The number of amides is 1. The number of nitrogens with zero attached hydrogens (tertiary/aromatic N) is 1. The number of hydrogen-bond acceptors (Lipinski definition) is 4. The van der Waals surface area contributed by atoms with E-state index in [1.807, 2.05) is 31.2 Å². The minimum absolute atomic E-state index is 0.135. The third kappa shape index (κ3) is 3.89. The van der Waals surface area contributed by atoms with Crippen LogP contribution in [-0.4, -0.2) is 22.0 Å². The molecule has 0 aliphatic rings. The van der Waals surface area contributed by atoms with Crippen molar-refractivity contribution in [1.29, 1.82) is 0 Å². The Kier molecular flexibility index (Phi) is 4.47. The van der Waals surface area contributed by atoms with Crippen molar-refractivity contribution in [3.05, 3.63) is 46.5 Å². The lowest BCUT2D eigenvalue weighted by molar-refractivity contribution is -0.136. The normalized spacial score (nSPS) is 10.2. The Morgan fingerprint density at radius 1 is 1.30 bits per heavy atom. The van der Waals surface area contributed by atoms with Gasteiger partial charge in [0.2, 0.25) is 5.91 Å². The zero-order valence-corrected chi connectivity index (χ0v) is 11.7. The van der Waals surface area contributed by atoms with Gasteiger partial charge in [-0.2, -0.15) is 0 Å². The van der Waals surface area contributed by atoms with Gasteiger partial charge in [-0.05, 0) is 18.1 Å². The molecule has 0 saturated carbocycles. The number of aryl methyl sites for hydroxylation is 1. The van der Waals surface area contributed by atoms with Crippen LogP contribution in [0, 0.1) is 6.92 Å². The van der Waals surface area contributed by atoms with E-state index >= 15 is 0 Å². The van der Waals surface area contributed by atoms with Gasteiger partial charge in [0.05, 0.1) is 18.5 Å². The topological polar surface area (TPSA) is 79.3 Å². The minimum Gasteiger partial charge on any atom is -0.481 e. The number of nitrogens with one attached hydrogen (secondary N) is 1. The summed E-state index contributed by atoms with van der Waals surface area (Å²) in [5, 5.41) is 13.4. The second-order valence-electron chi connectivity index (χ2n) is 4.37. The van der Waals surface area contributed by atoms with E-state index in [9.17, 15) is 9.59 Å². The average Bonchev–Trinajstić information content (AvgIpc) is 2.78. The number of aliphatic carboxylic acids is 1. The third-order valence-corrected chi connectivity index (χ3v) is 3.55. The molecule has 6 heteroatoms. The molecule has 0 atom stereocenters. The van der Waals surface area contributed by atoms with Crippen LogP contribution in [0.3, 0.4) is 0 Å². The number of rotatable bonds is 5. The molecule has 1 aromatic carbocycles. The quantitative estimate of drug-likeness (QED) is 0.885. The van der Waals surface area contributed by atoms with E-state index in [0.29, 0.717) is 10.8 Å². The number of carbonyl (C=O) groups excluding carboxylic acids is 1. The molecule has 0 radical (unpaired) electrons. The van der Waals surface area contributed by atoms with Gasteiger partial charge in [-0.15, -0.1) is 11.3 Å². The van der Waals surface area contributed by atoms with Crippen LogP contribution in [-0.2, 0) is 22.4 Å². The molecule has 2 N–H and O–H groups in total. The Morgan fingerprint density at radius 2 is 2.05 bits per heavy atom. The van der Waals surface area contributed by atoms with Crippen molar-refractivity contribution in [1.82, 2.24) is 4.98 Å². The van der Waals surface area contributed by atoms with Crippen LogP contribution in [0.5, 0.6) is 0 Å². The summed E-state index contributed by atoms with van der Waals surface area (Å²) in [6.45, 7) is 1.96. The first-order chi connectivity index (χ1) is 9.54. The first-order valence-electron chi connectivity index (χ1n) is 6.05. The zero-order valence-electron chi connectivity index (χ0n) is 10.9. The highest BCUT2D eigenvalue weighted by Gasteiger charge is 2.10. The number of carbonyl (C=O) groups is 2. The van der Waals surface area contributed by atoms with Crippen molar-refractivity contribution in [3.8, 4) is 0 Å². The predicted octanol–water partition coefficient (Wildman–Crippen LogP) is 2.26. The van der Waals surface area contributed by atoms with Crippen molar-refractivity contribution in [2.75, 3.05) is 5.32 Å². The third-order valence-electron chi connectivity index (χ3n) is 2.74. The molecule has 0 fully saturated rings. The summed E-state index contributed by atoms with van der Waals surface area (Å²) in [5.74, 6) is -1.09. The molecule has 20 heavy (non-hydrogen) atoms. The number of carboxylic acid groups (broad SMARTS) is 1. The largest absolute Gasteiger partial charge is 0.481 e. The fourth-order valence-corrected chi connectivity index (χ4v) is 2.47. The van der Waals surface area contributed by atoms with Crippen molar-refractivity contribution in [2.45, 2.75) is 19.8 Å². The molecule has 0 aliphatic heterocycles. The monoisotopic (exact) mass is 290 g/mol. The molecule has 1 heterocycles. The van der Waals surface area contributed by atoms with Gasteiger partial charge in [0, 0.05) is 5.38 Å². The van der Waals surface area contributed by atoms with Gasteiger partial charge in [-0.25, -0.2) is 4.98 Å². The summed E-state index contributed by atoms with van der Waals surface area (Å²) in [5.41, 5.74) is 2.48. The van der Waals surface area contributed by atoms with E-state index in [-0.39, 0.29) is 18.7 Å². The smallest absolute Gasteiger partial charge is 0.309 e. The van der Waals surface area contributed by atoms with Gasteiger partial charge < -0.3 is 10.4 Å². The Hall–Kier alpha value is -2.21. The zero-order chi connectivity index (χ0) is 14.5. The summed E-state index contributed by atoms with van der Waals surface area (Å²) in [6.07, 6.45) is 0.144. The van der Waals surface area contributed by atoms with E-state index in [2.05, 4.69) is 10.3 Å². The van der Waals surface area contributed by atoms with Crippen LogP contribution in [0.1, 0.15) is 16.8 Å². The minimum atomic E-state index is -0.937. The molecule has 0 unspecified atom stereocenters. The van der Waals surface area contributed by atoms with Crippen LogP contribution in [0.15, 0.2) is 29.6 Å². The number of aromatic nitrogens is 1. The van der Waals surface area contributed by atoms with Crippen molar-refractivity contribution < 1.29 is 14.7 Å². The highest BCUT2D eigenvalue weighted by atomic mass is 32.1. The van der Waals surface area contributed by atoms with Gasteiger partial charge in [-0.3, -0.25) is 9.59 Å². The van der Waals surface area contributed by atoms with Gasteiger partial charge in [0.1, 0.15) is 0 Å². The standard InChI is InChI=1S/C14H14N2O3S/c1-9-4-2-3-5-10(9)6-12(17)16-14-15-11(8-20-14)7-13(18)19/h2-5,8H,6-7H2,1H3,(H,18,19)(H,15,16,17). The van der Waals surface area contributed by atoms with E-state index in [1.54, 1.807) is 5.38 Å². The second kappa shape index (κ2) is 6.29. The maximum Gasteiger partial charge on any atom is 0.309 e. The Labute approximate surface area is 120 Å². The molecule has 2 aromatic rings. The SMILES string of the molecule is Cc1ccccc1CC(=O)Nc1nc(CC(=O)O)cs1. The summed E-state index contributed by atoms with van der Waals surface area (Å²) >= 11 is 1.23. The molecule has 0 bridgehead atoms. The lowest BCUT2D eigenvalue weighted by atomic mass is 10.1. The fourth-order valence-electron chi connectivity index (χ4n) is 1.75. The first-order valence-corrected chi connectivity index (χ1v) is 6.93. The van der Waals surface area contributed by atoms with Gasteiger partial charge in [0.25, 0.3) is 0 Å². The maximum atomic E-state index is 11.9. The van der Waals surface area contributed by atoms with Crippen molar-refractivity contribution in [3.63, 3.8) is 0 Å². The first kappa shape index (κ1) is 14.2. The summed E-state index contributed by atoms with van der Waals surface area (Å²) < 4.78 is 0. The maximum absolute atomic E-state index is 11.9. The van der Waals surface area contributed by atoms with Gasteiger partial charge in [0.15, 0.2) is 5.13 Å². The second-order valence-corrected chi connectivity index (χ2v) is 5.22. The van der Waals surface area contributed by atoms with Gasteiger partial charge >= 0.3 is 5.97 Å². The Morgan fingerprint density at radius 3 is 2.75 bits per heavy atom. The van der Waals surface area contributed by atoms with Crippen LogP contribution < -0.4 is 5.32 Å². The van der Waals surface area contributed by atoms with Crippen LogP contribution in [0.25, 0.3) is 0 Å². The Balaban J connectivity index is 1.96. The number of hydrogen-bond donors (Lipinski definition) is 2. The molecule has 0 spiro atoms. The molecule has 2 rings (SSSR count). The summed E-state index contributed by atoms with van der Waals surface area (Å²) in [6, 6.07) is 7.68. The number of benzene rings is 1. The van der Waals surface area contributed by atoms with E-state index in [1.165, 1.54) is 11.3 Å². The predicted molar refractivity (Wildman–Crippen MR) is 77.0 cm³/mol. The number of thiazole rings is 1. The van der Waals surface area contributed by atoms with E-state index in [4.69, 9.17) is 5.11 Å². The number of anilines is 1. The summed E-state index contributed by atoms with van der Waals surface area (Å²) in [7, 11) is 0. The number of carboxylic acids is 1. The molecular weight excluding hydrogens is 276 g/mol. The highest BCUT2D eigenvalue weighted by Crippen LogP contribution is 2.16.